The molecule has 0 fully saturated rings. The van der Waals surface area contributed by atoms with Gasteiger partial charge in [-0.1, -0.05) is 24.3 Å². The van der Waals surface area contributed by atoms with Crippen molar-refractivity contribution in [3.8, 4) is 5.75 Å². The highest BCUT2D eigenvalue weighted by atomic mass is 79.9. The molecule has 1 amide bonds. The molecule has 5 nitrogen and oxygen atoms in total. The number of aromatic nitrogens is 1. The van der Waals surface area contributed by atoms with Crippen LogP contribution in [0, 0.1) is 0 Å². The predicted molar refractivity (Wildman–Crippen MR) is 78.7 cm³/mol. The van der Waals surface area contributed by atoms with Crippen molar-refractivity contribution in [2.24, 2.45) is 5.84 Å². The number of carbonyl (C=O) groups excluding carboxylic acids is 1. The first-order chi connectivity index (χ1) is 9.67. The molecule has 1 heterocycles. The molecule has 0 aliphatic carbocycles. The lowest BCUT2D eigenvalue weighted by atomic mass is 10.1. The van der Waals surface area contributed by atoms with Crippen LogP contribution in [0.2, 0.25) is 0 Å². The number of ether oxygens (including phenoxy) is 1. The maximum Gasteiger partial charge on any atom is 0.238 e. The summed E-state index contributed by atoms with van der Waals surface area (Å²) in [6.45, 7) is 0.446. The van der Waals surface area contributed by atoms with Crippen LogP contribution in [0.5, 0.6) is 5.75 Å². The van der Waals surface area contributed by atoms with Crippen molar-refractivity contribution in [1.82, 2.24) is 10.4 Å². The first-order valence-electron chi connectivity index (χ1n) is 5.98. The number of nitrogens with zero attached hydrogens (tertiary/aromatic N) is 1. The van der Waals surface area contributed by atoms with Crippen molar-refractivity contribution >= 4 is 21.8 Å². The standard InChI is InChI=1S/C14H14BrN3O2/c15-12-6-13(8-17-7-12)20-9-11-3-1-10(2-4-11)5-14(19)18-16/h1-4,6-8H,5,9,16H2,(H,18,19). The lowest BCUT2D eigenvalue weighted by Gasteiger charge is -2.07. The van der Waals surface area contributed by atoms with Gasteiger partial charge in [0.2, 0.25) is 5.91 Å². The van der Waals surface area contributed by atoms with Gasteiger partial charge in [0.15, 0.2) is 0 Å². The number of hydrogen-bond donors (Lipinski definition) is 2. The third kappa shape index (κ3) is 4.32. The van der Waals surface area contributed by atoms with Crippen molar-refractivity contribution in [1.29, 1.82) is 0 Å². The number of nitrogens with two attached hydrogens (primary N) is 1. The number of carbonyl (C=O) groups is 1. The van der Waals surface area contributed by atoms with Crippen LogP contribution in [0.4, 0.5) is 0 Å². The fraction of sp³-hybridized carbons (Fsp3) is 0.143. The summed E-state index contributed by atoms with van der Waals surface area (Å²) in [6.07, 6.45) is 3.63. The minimum absolute atomic E-state index is 0.214. The Hall–Kier alpha value is -1.92. The van der Waals surface area contributed by atoms with Crippen LogP contribution in [0.3, 0.4) is 0 Å². The average molecular weight is 336 g/mol. The summed E-state index contributed by atoms with van der Waals surface area (Å²) < 4.78 is 6.50. The molecule has 0 saturated carbocycles. The van der Waals surface area contributed by atoms with E-state index in [4.69, 9.17) is 10.6 Å². The third-order valence-corrected chi connectivity index (χ3v) is 3.07. The Kier molecular flexibility index (Phi) is 5.09. The monoisotopic (exact) mass is 335 g/mol. The van der Waals surface area contributed by atoms with Crippen LogP contribution >= 0.6 is 15.9 Å². The Bertz CT molecular complexity index is 587. The highest BCUT2D eigenvalue weighted by Gasteiger charge is 2.02. The average Bonchev–Trinajstić information content (AvgIpc) is 2.46. The molecular formula is C14H14BrN3O2. The number of benzene rings is 1. The lowest BCUT2D eigenvalue weighted by Crippen LogP contribution is -2.31. The minimum Gasteiger partial charge on any atom is -0.487 e. The SMILES string of the molecule is NNC(=O)Cc1ccc(COc2cncc(Br)c2)cc1. The van der Waals surface area contributed by atoms with Crippen molar-refractivity contribution < 1.29 is 9.53 Å². The molecule has 0 aliphatic rings. The quantitative estimate of drug-likeness (QED) is 0.497. The molecule has 1 aromatic heterocycles. The summed E-state index contributed by atoms with van der Waals surface area (Å²) in [5.41, 5.74) is 4.02. The van der Waals surface area contributed by atoms with Crippen molar-refractivity contribution in [2.75, 3.05) is 0 Å². The zero-order valence-electron chi connectivity index (χ0n) is 10.7. The van der Waals surface area contributed by atoms with E-state index >= 15 is 0 Å². The van der Waals surface area contributed by atoms with Gasteiger partial charge in [-0.25, -0.2) is 5.84 Å². The molecule has 1 aromatic carbocycles. The summed E-state index contributed by atoms with van der Waals surface area (Å²) in [4.78, 5) is 15.2. The molecule has 104 valence electrons. The van der Waals surface area contributed by atoms with Crippen LogP contribution in [0.15, 0.2) is 47.2 Å². The number of amides is 1. The zero-order chi connectivity index (χ0) is 14.4. The first kappa shape index (κ1) is 14.5. The van der Waals surface area contributed by atoms with E-state index in [1.54, 1.807) is 12.4 Å². The van der Waals surface area contributed by atoms with Crippen LogP contribution in [-0.4, -0.2) is 10.9 Å². The van der Waals surface area contributed by atoms with Gasteiger partial charge < -0.3 is 4.74 Å². The smallest absolute Gasteiger partial charge is 0.238 e. The number of halogens is 1. The van der Waals surface area contributed by atoms with Crippen LogP contribution in [0.25, 0.3) is 0 Å². The topological polar surface area (TPSA) is 77.2 Å². The van der Waals surface area contributed by atoms with Crippen molar-refractivity contribution in [3.05, 3.63) is 58.3 Å². The van der Waals surface area contributed by atoms with E-state index in [-0.39, 0.29) is 12.3 Å². The van der Waals surface area contributed by atoms with Crippen molar-refractivity contribution in [2.45, 2.75) is 13.0 Å². The van der Waals surface area contributed by atoms with Crippen LogP contribution in [0.1, 0.15) is 11.1 Å². The molecule has 0 bridgehead atoms. The Morgan fingerprint density at radius 1 is 1.25 bits per heavy atom. The van der Waals surface area contributed by atoms with E-state index < -0.39 is 0 Å². The molecule has 2 rings (SSSR count). The maximum atomic E-state index is 11.1. The summed E-state index contributed by atoms with van der Waals surface area (Å²) in [5.74, 6) is 5.53. The molecular weight excluding hydrogens is 322 g/mol. The largest absolute Gasteiger partial charge is 0.487 e. The van der Waals surface area contributed by atoms with E-state index in [1.165, 1.54) is 0 Å². The fourth-order valence-corrected chi connectivity index (χ4v) is 1.97. The van der Waals surface area contributed by atoms with E-state index in [1.807, 2.05) is 30.3 Å². The summed E-state index contributed by atoms with van der Waals surface area (Å²) in [7, 11) is 0. The van der Waals surface area contributed by atoms with Gasteiger partial charge in [-0.3, -0.25) is 15.2 Å². The van der Waals surface area contributed by atoms with E-state index in [2.05, 4.69) is 26.3 Å². The van der Waals surface area contributed by atoms with Gasteiger partial charge in [-0.15, -0.1) is 0 Å². The highest BCUT2D eigenvalue weighted by molar-refractivity contribution is 9.10. The number of nitrogens with one attached hydrogen (secondary N) is 1. The van der Waals surface area contributed by atoms with Gasteiger partial charge >= 0.3 is 0 Å². The van der Waals surface area contributed by atoms with Gasteiger partial charge in [-0.2, -0.15) is 0 Å². The van der Waals surface area contributed by atoms with Crippen LogP contribution in [-0.2, 0) is 17.8 Å². The lowest BCUT2D eigenvalue weighted by molar-refractivity contribution is -0.120. The Balaban J connectivity index is 1.92. The number of rotatable bonds is 5. The molecule has 0 unspecified atom stereocenters. The predicted octanol–water partition coefficient (Wildman–Crippen LogP) is 1.96. The fourth-order valence-electron chi connectivity index (χ4n) is 1.63. The van der Waals surface area contributed by atoms with Crippen LogP contribution < -0.4 is 16.0 Å². The molecule has 0 aliphatic heterocycles. The van der Waals surface area contributed by atoms with Gasteiger partial charge in [0.25, 0.3) is 0 Å². The number of hydrazine groups is 1. The van der Waals surface area contributed by atoms with Gasteiger partial charge in [0.05, 0.1) is 12.6 Å². The minimum atomic E-state index is -0.214. The highest BCUT2D eigenvalue weighted by Crippen LogP contribution is 2.17. The van der Waals surface area contributed by atoms with Gasteiger partial charge in [0.1, 0.15) is 12.4 Å². The molecule has 6 heteroatoms. The second-order valence-corrected chi connectivity index (χ2v) is 5.10. The Morgan fingerprint density at radius 2 is 1.95 bits per heavy atom. The summed E-state index contributed by atoms with van der Waals surface area (Å²) in [6, 6.07) is 9.46. The van der Waals surface area contributed by atoms with Gasteiger partial charge in [-0.05, 0) is 33.1 Å². The van der Waals surface area contributed by atoms with E-state index in [0.717, 1.165) is 15.6 Å². The second-order valence-electron chi connectivity index (χ2n) is 4.19. The second kappa shape index (κ2) is 7.02. The Labute approximate surface area is 125 Å². The molecule has 0 radical (unpaired) electrons. The number of pyridine rings is 1. The molecule has 3 N–H and O–H groups in total. The zero-order valence-corrected chi connectivity index (χ0v) is 12.3. The molecule has 0 atom stereocenters. The molecule has 0 spiro atoms. The maximum absolute atomic E-state index is 11.1. The normalized spacial score (nSPS) is 10.1. The Morgan fingerprint density at radius 3 is 2.60 bits per heavy atom. The molecule has 20 heavy (non-hydrogen) atoms. The number of hydrogen-bond acceptors (Lipinski definition) is 4. The van der Waals surface area contributed by atoms with E-state index in [0.29, 0.717) is 12.4 Å². The molecule has 2 aromatic rings. The summed E-state index contributed by atoms with van der Waals surface area (Å²) in [5, 5.41) is 0. The van der Waals surface area contributed by atoms with E-state index in [9.17, 15) is 4.79 Å². The summed E-state index contributed by atoms with van der Waals surface area (Å²) >= 11 is 3.34. The van der Waals surface area contributed by atoms with Crippen molar-refractivity contribution in [3.63, 3.8) is 0 Å². The molecule has 0 saturated heterocycles. The third-order valence-electron chi connectivity index (χ3n) is 2.63. The first-order valence-corrected chi connectivity index (χ1v) is 6.77. The van der Waals surface area contributed by atoms with Gasteiger partial charge in [0, 0.05) is 10.7 Å².